The van der Waals surface area contributed by atoms with Gasteiger partial charge < -0.3 is 0 Å². The van der Waals surface area contributed by atoms with E-state index in [0.29, 0.717) is 0 Å². The van der Waals surface area contributed by atoms with E-state index in [-0.39, 0.29) is 16.5 Å². The van der Waals surface area contributed by atoms with Crippen LogP contribution in [-0.4, -0.2) is 46.3 Å². The van der Waals surface area contributed by atoms with Gasteiger partial charge in [0.25, 0.3) is 10.1 Å². The van der Waals surface area contributed by atoms with Gasteiger partial charge >= 0.3 is 88.1 Å². The zero-order valence-electron chi connectivity index (χ0n) is 13.8. The average Bonchev–Trinajstić information content (AvgIpc) is 2.45. The summed E-state index contributed by atoms with van der Waals surface area (Å²) in [6, 6.07) is 9.61. The van der Waals surface area contributed by atoms with E-state index in [1.807, 2.05) is 0 Å². The second-order valence-corrected chi connectivity index (χ2v) is 9.94. The van der Waals surface area contributed by atoms with Crippen LogP contribution in [0.3, 0.4) is 0 Å². The molecule has 0 radical (unpaired) electrons. The minimum absolute atomic E-state index is 0.0579. The van der Waals surface area contributed by atoms with Crippen molar-refractivity contribution in [2.75, 3.05) is 5.32 Å². The maximum Gasteiger partial charge on any atom is 0.294 e. The molecule has 26 heavy (non-hydrogen) atoms. The smallest absolute Gasteiger partial charge is 0.282 e. The molecule has 11 heteroatoms. The molecule has 0 spiro atoms. The van der Waals surface area contributed by atoms with Crippen LogP contribution in [0.15, 0.2) is 47.4 Å². The van der Waals surface area contributed by atoms with Gasteiger partial charge in [0.05, 0.1) is 4.90 Å². The van der Waals surface area contributed by atoms with Gasteiger partial charge in [-0.25, -0.2) is 0 Å². The maximum atomic E-state index is 10.9. The Labute approximate surface area is 153 Å². The number of benzene rings is 2. The quantitative estimate of drug-likeness (QED) is 0.328. The summed E-state index contributed by atoms with van der Waals surface area (Å²) in [5.41, 5.74) is 1.09. The molecule has 5 N–H and O–H groups in total. The molecule has 0 heterocycles. The molecule has 2 aromatic rings. The predicted octanol–water partition coefficient (Wildman–Crippen LogP) is 0.153. The molecule has 0 bridgehead atoms. The zero-order valence-corrected chi connectivity index (χ0v) is 16.5. The van der Waals surface area contributed by atoms with E-state index in [1.54, 1.807) is 19.1 Å². The number of carbonyl (C=O) groups is 1. The molecular weight excluding hydrogens is 429 g/mol. The molecule has 9 nitrogen and oxygen atoms in total. The van der Waals surface area contributed by atoms with Crippen LogP contribution in [0.25, 0.3) is 0 Å². The summed E-state index contributed by atoms with van der Waals surface area (Å²) in [6.45, 7) is 3.05. The van der Waals surface area contributed by atoms with Gasteiger partial charge in [0.2, 0.25) is 0 Å². The number of aromatic hydroxyl groups is 1. The van der Waals surface area contributed by atoms with Gasteiger partial charge in [0, 0.05) is 0 Å². The molecule has 0 aromatic heterocycles. The molecule has 0 aliphatic heterocycles. The monoisotopic (exact) mass is 447 g/mol. The zero-order chi connectivity index (χ0) is 20.1. The Bertz CT molecular complexity index is 952. The van der Waals surface area contributed by atoms with Crippen molar-refractivity contribution >= 4 is 40.2 Å². The van der Waals surface area contributed by atoms with Gasteiger partial charge in [0.1, 0.15) is 0 Å². The van der Waals surface area contributed by atoms with E-state index in [4.69, 9.17) is 12.7 Å². The first-order chi connectivity index (χ1) is 11.8. The van der Waals surface area contributed by atoms with Gasteiger partial charge in [-0.3, -0.25) is 4.55 Å². The van der Waals surface area contributed by atoms with Crippen molar-refractivity contribution in [3.63, 3.8) is 0 Å². The van der Waals surface area contributed by atoms with E-state index in [2.05, 4.69) is 5.32 Å². The molecule has 1 amide bonds. The molecule has 0 fully saturated rings. The van der Waals surface area contributed by atoms with Crippen molar-refractivity contribution in [1.82, 2.24) is 0 Å². The third kappa shape index (κ3) is 7.02. The van der Waals surface area contributed by atoms with Crippen LogP contribution >= 0.6 is 0 Å². The summed E-state index contributed by atoms with van der Waals surface area (Å²) in [7, 11) is -4.03. The van der Waals surface area contributed by atoms with Crippen molar-refractivity contribution in [2.45, 2.75) is 18.7 Å². The van der Waals surface area contributed by atoms with E-state index < -0.39 is 34.4 Å². The van der Waals surface area contributed by atoms with Gasteiger partial charge in [-0.15, -0.1) is 0 Å². The van der Waals surface area contributed by atoms with Crippen molar-refractivity contribution in [2.24, 2.45) is 0 Å². The number of amides is 1. The SMILES string of the molecule is CC(=O)Nc1ccc([As](=O)(O)O)c(O)c1.Cc1cccc(S(=O)(=O)O)c1. The fourth-order valence-electron chi connectivity index (χ4n) is 1.83. The largest absolute Gasteiger partial charge is 0.294 e. The Hall–Kier alpha value is -2.10. The summed E-state index contributed by atoms with van der Waals surface area (Å²) in [5, 5.41) is 11.7. The van der Waals surface area contributed by atoms with Crippen molar-refractivity contribution in [3.05, 3.63) is 48.0 Å². The standard InChI is InChI=1S/C8H10AsNO5.C7H8O3S/c1-5(11)10-6-2-3-7(8(12)4-6)9(13,14)15;1-6-3-2-4-7(5-6)11(8,9)10/h2-4,12H,1H3,(H,10,11)(H2,13,14,15);2-5H,1H3,(H,8,9,10). The fraction of sp³-hybridized carbons (Fsp3) is 0.133. The van der Waals surface area contributed by atoms with Crippen LogP contribution in [0.2, 0.25) is 0 Å². The van der Waals surface area contributed by atoms with Gasteiger partial charge in [0.15, 0.2) is 0 Å². The topological polar surface area (TPSA) is 161 Å². The van der Waals surface area contributed by atoms with Gasteiger partial charge in [-0.05, 0) is 24.6 Å². The minimum Gasteiger partial charge on any atom is -0.282 e. The number of hydrogen-bond acceptors (Lipinski definition) is 5. The average molecular weight is 447 g/mol. The third-order valence-corrected chi connectivity index (χ3v) is 5.86. The van der Waals surface area contributed by atoms with Crippen molar-refractivity contribution in [3.8, 4) is 5.75 Å². The van der Waals surface area contributed by atoms with Crippen LogP contribution in [0.4, 0.5) is 5.69 Å². The Kier molecular flexibility index (Phi) is 7.19. The predicted molar refractivity (Wildman–Crippen MR) is 93.9 cm³/mol. The fourth-order valence-corrected chi connectivity index (χ4v) is 3.74. The molecule has 0 atom stereocenters. The molecule has 0 aliphatic rings. The van der Waals surface area contributed by atoms with Crippen molar-refractivity contribution in [1.29, 1.82) is 0 Å². The number of anilines is 1. The second-order valence-electron chi connectivity index (χ2n) is 5.22. The van der Waals surface area contributed by atoms with Crippen LogP contribution in [0, 0.1) is 6.92 Å². The van der Waals surface area contributed by atoms with Crippen molar-refractivity contribution < 1.29 is 34.8 Å². The Morgan fingerprint density at radius 2 is 1.73 bits per heavy atom. The summed E-state index contributed by atoms with van der Waals surface area (Å²) >= 11 is -5.09. The maximum absolute atomic E-state index is 10.9. The first-order valence-electron chi connectivity index (χ1n) is 7.01. The molecule has 142 valence electrons. The summed E-state index contributed by atoms with van der Waals surface area (Å²) in [5.74, 6) is -0.850. The Morgan fingerprint density at radius 1 is 1.12 bits per heavy atom. The van der Waals surface area contributed by atoms with Crippen LogP contribution in [0.5, 0.6) is 5.75 Å². The summed E-state index contributed by atoms with van der Waals surface area (Å²) in [4.78, 5) is 10.6. The summed E-state index contributed by atoms with van der Waals surface area (Å²) in [6.07, 6.45) is 0. The summed E-state index contributed by atoms with van der Waals surface area (Å²) < 4.78 is 57.9. The Balaban J connectivity index is 0.000000273. The van der Waals surface area contributed by atoms with Crippen LogP contribution in [-0.2, 0) is 18.7 Å². The number of aryl methyl sites for hydroxylation is 1. The number of nitrogens with one attached hydrogen (secondary N) is 1. The first kappa shape index (κ1) is 21.9. The van der Waals surface area contributed by atoms with E-state index in [1.165, 1.54) is 25.1 Å². The molecule has 0 aliphatic carbocycles. The molecular formula is C15H18AsNO8S. The number of phenols is 1. The van der Waals surface area contributed by atoms with Crippen LogP contribution < -0.4 is 9.67 Å². The molecule has 0 unspecified atom stereocenters. The molecule has 0 saturated carbocycles. The normalized spacial score (nSPS) is 11.3. The third-order valence-electron chi connectivity index (χ3n) is 2.90. The molecule has 2 rings (SSSR count). The van der Waals surface area contributed by atoms with Gasteiger partial charge in [-0.2, -0.15) is 8.42 Å². The minimum atomic E-state index is -5.09. The number of carbonyl (C=O) groups excluding carboxylic acids is 1. The van der Waals surface area contributed by atoms with E-state index in [9.17, 15) is 22.1 Å². The molecule has 0 saturated heterocycles. The number of hydrogen-bond donors (Lipinski definition) is 5. The number of phenolic OH excluding ortho intramolecular Hbond substituents is 1. The second kappa shape index (κ2) is 8.52. The molecule has 2 aromatic carbocycles. The van der Waals surface area contributed by atoms with E-state index >= 15 is 0 Å². The first-order valence-corrected chi connectivity index (χ1v) is 11.8. The van der Waals surface area contributed by atoms with Gasteiger partial charge in [-0.1, -0.05) is 12.1 Å². The Morgan fingerprint density at radius 3 is 2.12 bits per heavy atom. The van der Waals surface area contributed by atoms with Crippen LogP contribution in [0.1, 0.15) is 12.5 Å². The van der Waals surface area contributed by atoms with E-state index in [0.717, 1.165) is 17.7 Å². The number of rotatable bonds is 3.